The summed E-state index contributed by atoms with van der Waals surface area (Å²) in [5, 5.41) is 0. The number of para-hydroxylation sites is 1. The first kappa shape index (κ1) is 21.3. The Morgan fingerprint density at radius 3 is 2.33 bits per heavy atom. The zero-order valence-electron chi connectivity index (χ0n) is 17.0. The van der Waals surface area contributed by atoms with Gasteiger partial charge in [-0.05, 0) is 36.2 Å². The number of carbonyl (C=O) groups is 3. The maximum Gasteiger partial charge on any atom is 0.349 e. The van der Waals surface area contributed by atoms with Crippen molar-refractivity contribution in [1.82, 2.24) is 0 Å². The molecule has 2 aromatic carbocycles. The minimum absolute atomic E-state index is 0.00958. The summed E-state index contributed by atoms with van der Waals surface area (Å²) in [7, 11) is 0. The van der Waals surface area contributed by atoms with Gasteiger partial charge >= 0.3 is 11.9 Å². The molecule has 2 N–H and O–H groups in total. The molecule has 30 heavy (non-hydrogen) atoms. The van der Waals surface area contributed by atoms with E-state index in [4.69, 9.17) is 15.2 Å². The summed E-state index contributed by atoms with van der Waals surface area (Å²) in [6, 6.07) is 12.8. The molecule has 0 atom stereocenters. The monoisotopic (exact) mass is 407 g/mol. The van der Waals surface area contributed by atoms with E-state index >= 15 is 0 Å². The van der Waals surface area contributed by atoms with Crippen molar-refractivity contribution >= 4 is 23.4 Å². The summed E-state index contributed by atoms with van der Waals surface area (Å²) in [5.74, 6) is -1.46. The van der Waals surface area contributed by atoms with E-state index < -0.39 is 17.7 Å². The van der Waals surface area contributed by atoms with Crippen molar-refractivity contribution in [2.75, 3.05) is 6.61 Å². The summed E-state index contributed by atoms with van der Waals surface area (Å²) in [6.07, 6.45) is 5.38. The zero-order valence-corrected chi connectivity index (χ0v) is 17.0. The molecule has 0 saturated heterocycles. The Morgan fingerprint density at radius 1 is 0.933 bits per heavy atom. The first-order chi connectivity index (χ1) is 14.5. The molecule has 0 aromatic heterocycles. The van der Waals surface area contributed by atoms with E-state index in [1.54, 1.807) is 48.5 Å². The van der Waals surface area contributed by atoms with Crippen molar-refractivity contribution in [3.8, 4) is 5.75 Å². The van der Waals surface area contributed by atoms with Gasteiger partial charge in [-0.25, -0.2) is 9.59 Å². The number of ether oxygens (including phenoxy) is 2. The van der Waals surface area contributed by atoms with E-state index in [0.717, 1.165) is 19.3 Å². The maximum absolute atomic E-state index is 12.7. The van der Waals surface area contributed by atoms with Crippen LogP contribution in [0.4, 0.5) is 0 Å². The lowest BCUT2D eigenvalue weighted by Gasteiger charge is -2.18. The molecule has 0 aliphatic carbocycles. The van der Waals surface area contributed by atoms with Crippen LogP contribution in [0.5, 0.6) is 5.75 Å². The Kier molecular flexibility index (Phi) is 7.01. The van der Waals surface area contributed by atoms with Crippen LogP contribution in [0.25, 0.3) is 5.70 Å². The number of ketones is 1. The summed E-state index contributed by atoms with van der Waals surface area (Å²) < 4.78 is 10.5. The lowest BCUT2D eigenvalue weighted by Crippen LogP contribution is -2.28. The smallest absolute Gasteiger partial charge is 0.349 e. The number of benzene rings is 2. The van der Waals surface area contributed by atoms with Gasteiger partial charge in [-0.15, -0.1) is 0 Å². The Labute approximate surface area is 175 Å². The number of rotatable bonds is 8. The van der Waals surface area contributed by atoms with Gasteiger partial charge in [-0.3, -0.25) is 4.79 Å². The predicted octanol–water partition coefficient (Wildman–Crippen LogP) is 4.29. The highest BCUT2D eigenvalue weighted by molar-refractivity contribution is 6.31. The van der Waals surface area contributed by atoms with Crippen LogP contribution in [0.1, 0.15) is 65.3 Å². The van der Waals surface area contributed by atoms with Crippen LogP contribution in [-0.2, 0) is 9.53 Å². The fourth-order valence-corrected chi connectivity index (χ4v) is 3.24. The Bertz CT molecular complexity index is 975. The number of esters is 2. The van der Waals surface area contributed by atoms with Crippen molar-refractivity contribution < 1.29 is 23.9 Å². The second-order valence-corrected chi connectivity index (χ2v) is 7.13. The summed E-state index contributed by atoms with van der Waals surface area (Å²) >= 11 is 0. The van der Waals surface area contributed by atoms with Crippen molar-refractivity contribution in [3.63, 3.8) is 0 Å². The fraction of sp³-hybridized carbons (Fsp3) is 0.292. The normalized spacial score (nSPS) is 14.7. The van der Waals surface area contributed by atoms with E-state index in [9.17, 15) is 14.4 Å². The van der Waals surface area contributed by atoms with Gasteiger partial charge in [0.1, 0.15) is 11.3 Å². The van der Waals surface area contributed by atoms with Crippen molar-refractivity contribution in [2.45, 2.75) is 39.0 Å². The maximum atomic E-state index is 12.7. The second-order valence-electron chi connectivity index (χ2n) is 7.13. The Morgan fingerprint density at radius 2 is 1.60 bits per heavy atom. The third-order valence-corrected chi connectivity index (χ3v) is 4.95. The second kappa shape index (κ2) is 9.87. The van der Waals surface area contributed by atoms with Crippen LogP contribution in [0.3, 0.4) is 0 Å². The molecule has 0 radical (unpaired) electrons. The van der Waals surface area contributed by atoms with Gasteiger partial charge in [0.2, 0.25) is 5.78 Å². The average Bonchev–Trinajstić information content (AvgIpc) is 2.76. The van der Waals surface area contributed by atoms with Crippen molar-refractivity contribution in [3.05, 3.63) is 70.8 Å². The Hall–Kier alpha value is -3.41. The van der Waals surface area contributed by atoms with Crippen molar-refractivity contribution in [2.24, 2.45) is 5.73 Å². The molecule has 2 aromatic rings. The van der Waals surface area contributed by atoms with E-state index in [1.807, 2.05) is 0 Å². The summed E-state index contributed by atoms with van der Waals surface area (Å²) in [6.45, 7) is 2.54. The van der Waals surface area contributed by atoms with Crippen LogP contribution < -0.4 is 10.5 Å². The van der Waals surface area contributed by atoms with E-state index in [2.05, 4.69) is 6.92 Å². The first-order valence-electron chi connectivity index (χ1n) is 10.2. The highest BCUT2D eigenvalue weighted by Crippen LogP contribution is 2.30. The van der Waals surface area contributed by atoms with Crippen LogP contribution >= 0.6 is 0 Å². The third-order valence-electron chi connectivity index (χ3n) is 4.95. The fourth-order valence-electron chi connectivity index (χ4n) is 3.24. The molecular weight excluding hydrogens is 382 g/mol. The van der Waals surface area contributed by atoms with Crippen LogP contribution in [0.15, 0.2) is 54.1 Å². The van der Waals surface area contributed by atoms with E-state index in [1.165, 1.54) is 12.8 Å². The van der Waals surface area contributed by atoms with Gasteiger partial charge in [0.05, 0.1) is 23.4 Å². The molecule has 0 saturated carbocycles. The number of Topliss-reactive ketones (excluding diaryl/α,β-unsaturated/α-hetero) is 1. The molecule has 1 heterocycles. The highest BCUT2D eigenvalue weighted by atomic mass is 16.5. The summed E-state index contributed by atoms with van der Waals surface area (Å²) in [5.41, 5.74) is 7.03. The molecule has 0 bridgehead atoms. The number of unbranched alkanes of at least 4 members (excludes halogenated alkanes) is 4. The molecule has 0 spiro atoms. The molecule has 1 aliphatic rings. The minimum atomic E-state index is -0.789. The molecule has 0 fully saturated rings. The number of hydrogen-bond donors (Lipinski definition) is 1. The molecule has 0 unspecified atom stereocenters. The highest BCUT2D eigenvalue weighted by Gasteiger charge is 2.33. The van der Waals surface area contributed by atoms with E-state index in [-0.39, 0.29) is 22.6 Å². The van der Waals surface area contributed by atoms with Gasteiger partial charge in [-0.1, -0.05) is 56.9 Å². The third kappa shape index (κ3) is 4.76. The van der Waals surface area contributed by atoms with Gasteiger partial charge in [0, 0.05) is 0 Å². The Balaban J connectivity index is 1.69. The van der Waals surface area contributed by atoms with Gasteiger partial charge in [-0.2, -0.15) is 0 Å². The molecule has 6 heteroatoms. The summed E-state index contributed by atoms with van der Waals surface area (Å²) in [4.78, 5) is 37.2. The van der Waals surface area contributed by atoms with Crippen molar-refractivity contribution in [1.29, 1.82) is 0 Å². The number of hydrogen-bond acceptors (Lipinski definition) is 6. The topological polar surface area (TPSA) is 95.7 Å². The molecule has 1 aliphatic heterocycles. The van der Waals surface area contributed by atoms with Crippen LogP contribution in [0, 0.1) is 0 Å². The SMILES string of the molecule is CCCCCCCOC(=O)c1ccc(/C(N)=C2/C(=O)Oc3ccccc3C2=O)cc1. The number of nitrogens with two attached hydrogens (primary N) is 1. The number of fused-ring (bicyclic) bond motifs is 1. The largest absolute Gasteiger partial charge is 0.462 e. The average molecular weight is 407 g/mol. The molecule has 156 valence electrons. The quantitative estimate of drug-likeness (QED) is 0.231. The van der Waals surface area contributed by atoms with Crippen LogP contribution in [-0.4, -0.2) is 24.3 Å². The van der Waals surface area contributed by atoms with Gasteiger partial charge in [0.25, 0.3) is 0 Å². The van der Waals surface area contributed by atoms with E-state index in [0.29, 0.717) is 17.7 Å². The van der Waals surface area contributed by atoms with Gasteiger partial charge in [0.15, 0.2) is 0 Å². The number of carbonyl (C=O) groups excluding carboxylic acids is 3. The molecular formula is C24H25NO5. The standard InChI is InChI=1S/C24H25NO5/c1-2-3-4-5-8-15-29-23(27)17-13-11-16(12-14-17)21(25)20-22(26)18-9-6-7-10-19(18)30-24(20)28/h6-7,9-14H,2-5,8,15,25H2,1H3/b21-20-. The lowest BCUT2D eigenvalue weighted by atomic mass is 9.95. The molecule has 6 nitrogen and oxygen atoms in total. The minimum Gasteiger partial charge on any atom is -0.462 e. The molecule has 0 amide bonds. The first-order valence-corrected chi connectivity index (χ1v) is 10.2. The van der Waals surface area contributed by atoms with Crippen LogP contribution in [0.2, 0.25) is 0 Å². The van der Waals surface area contributed by atoms with Gasteiger partial charge < -0.3 is 15.2 Å². The zero-order chi connectivity index (χ0) is 21.5. The lowest BCUT2D eigenvalue weighted by molar-refractivity contribution is -0.130. The molecule has 3 rings (SSSR count). The predicted molar refractivity (Wildman–Crippen MR) is 113 cm³/mol.